The van der Waals surface area contributed by atoms with Gasteiger partial charge in [-0.05, 0) is 30.2 Å². The minimum absolute atomic E-state index is 0.205. The summed E-state index contributed by atoms with van der Waals surface area (Å²) in [5, 5.41) is 14.8. The van der Waals surface area contributed by atoms with Gasteiger partial charge in [0.25, 0.3) is 10.0 Å². The summed E-state index contributed by atoms with van der Waals surface area (Å²) in [7, 11) is -0.326. The first-order valence-corrected chi connectivity index (χ1v) is 12.9. The second-order valence-electron chi connectivity index (χ2n) is 8.41. The van der Waals surface area contributed by atoms with Gasteiger partial charge in [0, 0.05) is 51.4 Å². The number of carbonyl (C=O) groups is 1. The third kappa shape index (κ3) is 3.86. The first kappa shape index (κ1) is 21.3. The standard InChI is InChI=1S/C20H25N7O3S2/c1-24(32(29,30)18-4-3-9-31-18)12-17(28)26-8-7-16-15(11-26)19(23-25(16)2)20-22-21-13-27(20)10-14-5-6-14/h3-4,9,13-14H,5-8,10-12H2,1-2H3. The maximum atomic E-state index is 13.0. The third-order valence-corrected chi connectivity index (χ3v) is 9.27. The minimum atomic E-state index is -3.67. The van der Waals surface area contributed by atoms with Crippen molar-refractivity contribution in [1.29, 1.82) is 0 Å². The molecule has 1 amide bonds. The number of aryl methyl sites for hydroxylation is 1. The normalized spacial score (nSPS) is 16.5. The van der Waals surface area contributed by atoms with Crippen molar-refractivity contribution in [3.8, 4) is 11.5 Å². The summed E-state index contributed by atoms with van der Waals surface area (Å²) in [5.41, 5.74) is 2.78. The first-order valence-electron chi connectivity index (χ1n) is 10.5. The van der Waals surface area contributed by atoms with E-state index in [1.165, 1.54) is 19.9 Å². The van der Waals surface area contributed by atoms with E-state index in [1.54, 1.807) is 28.7 Å². The molecule has 1 aliphatic carbocycles. The monoisotopic (exact) mass is 475 g/mol. The number of carbonyl (C=O) groups excluding carboxylic acids is 1. The van der Waals surface area contributed by atoms with Gasteiger partial charge in [0.1, 0.15) is 16.2 Å². The number of hydrogen-bond donors (Lipinski definition) is 0. The van der Waals surface area contributed by atoms with E-state index in [2.05, 4.69) is 10.2 Å². The zero-order chi connectivity index (χ0) is 22.5. The molecule has 0 spiro atoms. The van der Waals surface area contributed by atoms with E-state index in [9.17, 15) is 13.2 Å². The molecular weight excluding hydrogens is 450 g/mol. The van der Waals surface area contributed by atoms with Gasteiger partial charge in [0.2, 0.25) is 5.91 Å². The van der Waals surface area contributed by atoms with Crippen LogP contribution in [0.3, 0.4) is 0 Å². The second kappa shape index (κ2) is 8.09. The van der Waals surface area contributed by atoms with Gasteiger partial charge < -0.3 is 9.47 Å². The van der Waals surface area contributed by atoms with Gasteiger partial charge in [-0.15, -0.1) is 21.5 Å². The summed E-state index contributed by atoms with van der Waals surface area (Å²) in [6.07, 6.45) is 4.85. The second-order valence-corrected chi connectivity index (χ2v) is 11.6. The molecule has 0 aromatic carbocycles. The van der Waals surface area contributed by atoms with E-state index in [4.69, 9.17) is 5.10 Å². The Kier molecular flexibility index (Phi) is 5.38. The maximum Gasteiger partial charge on any atom is 0.252 e. The Morgan fingerprint density at radius 3 is 2.88 bits per heavy atom. The molecule has 3 aromatic rings. The van der Waals surface area contributed by atoms with Crippen LogP contribution in [0, 0.1) is 5.92 Å². The number of thiophene rings is 1. The highest BCUT2D eigenvalue weighted by Gasteiger charge is 2.32. The smallest absolute Gasteiger partial charge is 0.252 e. The minimum Gasteiger partial charge on any atom is -0.337 e. The molecule has 3 aromatic heterocycles. The van der Waals surface area contributed by atoms with E-state index in [0.29, 0.717) is 25.4 Å². The molecule has 32 heavy (non-hydrogen) atoms. The number of nitrogens with zero attached hydrogens (tertiary/aromatic N) is 7. The lowest BCUT2D eigenvalue weighted by molar-refractivity contribution is -0.132. The average molecular weight is 476 g/mol. The zero-order valence-corrected chi connectivity index (χ0v) is 19.6. The molecule has 1 fully saturated rings. The number of likely N-dealkylation sites (N-methyl/N-ethyl adjacent to an activating group) is 1. The van der Waals surface area contributed by atoms with E-state index in [-0.39, 0.29) is 16.7 Å². The highest BCUT2D eigenvalue weighted by molar-refractivity contribution is 7.91. The third-order valence-electron chi connectivity index (χ3n) is 6.09. The van der Waals surface area contributed by atoms with Gasteiger partial charge in [-0.25, -0.2) is 8.42 Å². The molecule has 0 saturated heterocycles. The van der Waals surface area contributed by atoms with Crippen LogP contribution < -0.4 is 0 Å². The molecular formula is C20H25N7O3S2. The van der Waals surface area contributed by atoms with Crippen molar-refractivity contribution in [3.05, 3.63) is 35.1 Å². The Labute approximate surface area is 190 Å². The van der Waals surface area contributed by atoms with Crippen LogP contribution >= 0.6 is 11.3 Å². The molecule has 12 heteroatoms. The maximum absolute atomic E-state index is 13.0. The average Bonchev–Trinajstić information content (AvgIpc) is 3.15. The van der Waals surface area contributed by atoms with E-state index < -0.39 is 10.0 Å². The molecule has 170 valence electrons. The topological polar surface area (TPSA) is 106 Å². The van der Waals surface area contributed by atoms with Crippen molar-refractivity contribution >= 4 is 27.3 Å². The van der Waals surface area contributed by atoms with Crippen LogP contribution in [0.5, 0.6) is 0 Å². The number of hydrogen-bond acceptors (Lipinski definition) is 7. The molecule has 4 heterocycles. The lowest BCUT2D eigenvalue weighted by Gasteiger charge is -2.29. The molecule has 0 bridgehead atoms. The van der Waals surface area contributed by atoms with Crippen molar-refractivity contribution in [2.45, 2.75) is 36.6 Å². The Balaban J connectivity index is 1.35. The number of rotatable bonds is 7. The first-order chi connectivity index (χ1) is 15.3. The summed E-state index contributed by atoms with van der Waals surface area (Å²) in [5.74, 6) is 1.16. The fourth-order valence-electron chi connectivity index (χ4n) is 4.07. The Bertz CT molecular complexity index is 1240. The fourth-order valence-corrected chi connectivity index (χ4v) is 6.40. The van der Waals surface area contributed by atoms with Gasteiger partial charge in [0.05, 0.1) is 6.54 Å². The molecule has 0 N–H and O–H groups in total. The van der Waals surface area contributed by atoms with Crippen molar-refractivity contribution in [2.75, 3.05) is 20.1 Å². The van der Waals surface area contributed by atoms with Crippen LogP contribution in [0.1, 0.15) is 24.1 Å². The lowest BCUT2D eigenvalue weighted by Crippen LogP contribution is -2.43. The Hall–Kier alpha value is -2.57. The van der Waals surface area contributed by atoms with Crippen LogP contribution in [-0.2, 0) is 41.4 Å². The van der Waals surface area contributed by atoms with E-state index >= 15 is 0 Å². The largest absolute Gasteiger partial charge is 0.337 e. The molecule has 10 nitrogen and oxygen atoms in total. The molecule has 1 aliphatic heterocycles. The summed E-state index contributed by atoms with van der Waals surface area (Å²) in [6, 6.07) is 3.24. The Morgan fingerprint density at radius 1 is 1.34 bits per heavy atom. The lowest BCUT2D eigenvalue weighted by atomic mass is 10.0. The van der Waals surface area contributed by atoms with Crippen LogP contribution in [-0.4, -0.2) is 68.2 Å². The van der Waals surface area contributed by atoms with Crippen molar-refractivity contribution in [2.24, 2.45) is 13.0 Å². The highest BCUT2D eigenvalue weighted by Crippen LogP contribution is 2.33. The summed E-state index contributed by atoms with van der Waals surface area (Å²) in [4.78, 5) is 14.7. The molecule has 1 saturated carbocycles. The van der Waals surface area contributed by atoms with Crippen LogP contribution in [0.4, 0.5) is 0 Å². The molecule has 2 aliphatic rings. The summed E-state index contributed by atoms with van der Waals surface area (Å²) < 4.78 is 30.6. The number of aromatic nitrogens is 5. The summed E-state index contributed by atoms with van der Waals surface area (Å²) in [6.45, 7) is 1.57. The number of fused-ring (bicyclic) bond motifs is 1. The number of amides is 1. The molecule has 0 unspecified atom stereocenters. The van der Waals surface area contributed by atoms with Crippen LogP contribution in [0.2, 0.25) is 0 Å². The quantitative estimate of drug-likeness (QED) is 0.511. The van der Waals surface area contributed by atoms with Crippen molar-refractivity contribution in [3.63, 3.8) is 0 Å². The SMILES string of the molecule is CN(CC(=O)N1CCc2c(c(-c3nncn3CC3CC3)nn2C)C1)S(=O)(=O)c1cccs1. The number of sulfonamides is 1. The van der Waals surface area contributed by atoms with E-state index in [0.717, 1.165) is 45.0 Å². The van der Waals surface area contributed by atoms with Crippen molar-refractivity contribution < 1.29 is 13.2 Å². The summed E-state index contributed by atoms with van der Waals surface area (Å²) >= 11 is 1.14. The van der Waals surface area contributed by atoms with Crippen LogP contribution in [0.25, 0.3) is 11.5 Å². The van der Waals surface area contributed by atoms with Gasteiger partial charge >= 0.3 is 0 Å². The molecule has 5 rings (SSSR count). The van der Waals surface area contributed by atoms with E-state index in [1.807, 2.05) is 16.3 Å². The van der Waals surface area contributed by atoms with Gasteiger partial charge in [-0.2, -0.15) is 9.40 Å². The van der Waals surface area contributed by atoms with Gasteiger partial charge in [-0.1, -0.05) is 6.07 Å². The van der Waals surface area contributed by atoms with Crippen LogP contribution in [0.15, 0.2) is 28.0 Å². The highest BCUT2D eigenvalue weighted by atomic mass is 32.2. The molecule has 0 atom stereocenters. The van der Waals surface area contributed by atoms with Gasteiger partial charge in [-0.3, -0.25) is 9.48 Å². The zero-order valence-electron chi connectivity index (χ0n) is 18.0. The van der Waals surface area contributed by atoms with Gasteiger partial charge in [0.15, 0.2) is 5.82 Å². The van der Waals surface area contributed by atoms with Crippen molar-refractivity contribution in [1.82, 2.24) is 33.8 Å². The predicted molar refractivity (Wildman–Crippen MR) is 118 cm³/mol. The predicted octanol–water partition coefficient (Wildman–Crippen LogP) is 1.36. The Morgan fingerprint density at radius 2 is 2.16 bits per heavy atom. The fraction of sp³-hybridized carbons (Fsp3) is 0.500. The molecule has 0 radical (unpaired) electrons.